The van der Waals surface area contributed by atoms with Crippen molar-refractivity contribution in [2.75, 3.05) is 19.6 Å². The maximum atomic E-state index is 15.9. The Balaban J connectivity index is 1.24. The first kappa shape index (κ1) is 34.1. The van der Waals surface area contributed by atoms with E-state index in [2.05, 4.69) is 141 Å². The molecule has 0 aliphatic carbocycles. The Bertz CT molecular complexity index is 3190. The Kier molecular flexibility index (Phi) is 7.56. The van der Waals surface area contributed by atoms with Crippen LogP contribution in [-0.4, -0.2) is 0 Å². The molecule has 0 radical (unpaired) electrons. The van der Waals surface area contributed by atoms with Crippen LogP contribution in [0.4, 0.5) is 54.3 Å². The minimum absolute atomic E-state index is 0.348. The van der Waals surface area contributed by atoms with Crippen molar-refractivity contribution in [1.82, 2.24) is 0 Å². The minimum atomic E-state index is -0.348. The van der Waals surface area contributed by atoms with Crippen molar-refractivity contribution in [2.45, 2.75) is 0 Å². The van der Waals surface area contributed by atoms with Crippen LogP contribution in [0, 0.1) is 11.6 Å². The molecular formula is C54H34F2N4. The molecule has 0 unspecified atom stereocenters. The third-order valence-corrected chi connectivity index (χ3v) is 11.9. The van der Waals surface area contributed by atoms with E-state index in [1.165, 1.54) is 12.1 Å². The highest BCUT2D eigenvalue weighted by Gasteiger charge is 2.45. The summed E-state index contributed by atoms with van der Waals surface area (Å²) in [6.07, 6.45) is 0. The first-order chi connectivity index (χ1) is 29.6. The van der Waals surface area contributed by atoms with Crippen molar-refractivity contribution in [1.29, 1.82) is 0 Å². The fourth-order valence-corrected chi connectivity index (χ4v) is 9.09. The minimum Gasteiger partial charge on any atom is -0.291 e. The second kappa shape index (κ2) is 13.3. The van der Waals surface area contributed by atoms with Gasteiger partial charge in [0.2, 0.25) is 0 Å². The lowest BCUT2D eigenvalue weighted by atomic mass is 10.1. The lowest BCUT2D eigenvalue weighted by molar-refractivity contribution is 0.628. The predicted molar refractivity (Wildman–Crippen MR) is 244 cm³/mol. The highest BCUT2D eigenvalue weighted by molar-refractivity contribution is 6.03. The number of hydrogen-bond acceptors (Lipinski definition) is 4. The third kappa shape index (κ3) is 5.35. The molecule has 10 aromatic rings. The lowest BCUT2D eigenvalue weighted by Gasteiger charge is -2.34. The number of fused-ring (bicyclic) bond motifs is 6. The summed E-state index contributed by atoms with van der Waals surface area (Å²) in [7, 11) is 0. The number of anilines is 8. The zero-order valence-electron chi connectivity index (χ0n) is 32.2. The van der Waals surface area contributed by atoms with Gasteiger partial charge < -0.3 is 0 Å². The molecule has 2 heterocycles. The van der Waals surface area contributed by atoms with Crippen molar-refractivity contribution in [3.63, 3.8) is 0 Å². The summed E-state index contributed by atoms with van der Waals surface area (Å²) in [6.45, 7) is 0. The summed E-state index contributed by atoms with van der Waals surface area (Å²) in [5.74, 6) is 0.802. The van der Waals surface area contributed by atoms with Crippen LogP contribution in [0.2, 0.25) is 0 Å². The van der Waals surface area contributed by atoms with Crippen molar-refractivity contribution in [3.8, 4) is 0 Å². The first-order valence-electron chi connectivity index (χ1n) is 20.0. The van der Waals surface area contributed by atoms with Gasteiger partial charge >= 0.3 is 0 Å². The summed E-state index contributed by atoms with van der Waals surface area (Å²) >= 11 is 0. The van der Waals surface area contributed by atoms with Gasteiger partial charge in [-0.05, 0) is 116 Å². The predicted octanol–water partition coefficient (Wildman–Crippen LogP) is 15.0. The SMILES string of the molecule is Fc1ccc2c(c1)N(c1ccc3ccccc3c1)/C(=C1\N(c3ccc4ccccc4c3)c3ccc(F)cc3N1c1ccc3ccccc3c1)N2c1ccc2ccccc2c1. The monoisotopic (exact) mass is 776 g/mol. The molecule has 2 aliphatic rings. The van der Waals surface area contributed by atoms with Gasteiger partial charge in [-0.3, -0.25) is 19.6 Å². The van der Waals surface area contributed by atoms with E-state index in [-0.39, 0.29) is 11.6 Å². The number of halogens is 2. The molecule has 0 atom stereocenters. The molecule has 0 saturated carbocycles. The van der Waals surface area contributed by atoms with E-state index < -0.39 is 0 Å². The zero-order valence-corrected chi connectivity index (χ0v) is 32.2. The van der Waals surface area contributed by atoms with E-state index in [0.717, 1.165) is 88.9 Å². The second-order valence-corrected chi connectivity index (χ2v) is 15.4. The van der Waals surface area contributed by atoms with Crippen LogP contribution in [0.3, 0.4) is 0 Å². The average molecular weight is 777 g/mol. The Morgan fingerprint density at radius 3 is 0.800 bits per heavy atom. The normalized spacial score (nSPS) is 14.8. The molecular weight excluding hydrogens is 743 g/mol. The van der Waals surface area contributed by atoms with Crippen LogP contribution < -0.4 is 19.6 Å². The molecule has 0 saturated heterocycles. The number of nitrogens with zero attached hydrogens (tertiary/aromatic N) is 4. The Labute approximate surface area is 345 Å². The fraction of sp³-hybridized carbons (Fsp3) is 0. The molecule has 0 bridgehead atoms. The maximum Gasteiger partial charge on any atom is 0.166 e. The Morgan fingerprint density at radius 2 is 0.500 bits per heavy atom. The molecule has 0 fully saturated rings. The van der Waals surface area contributed by atoms with Crippen molar-refractivity contribution in [3.05, 3.63) is 230 Å². The molecule has 0 N–H and O–H groups in total. The average Bonchev–Trinajstić information content (AvgIpc) is 3.80. The van der Waals surface area contributed by atoms with Crippen molar-refractivity contribution < 1.29 is 8.78 Å². The van der Waals surface area contributed by atoms with Gasteiger partial charge in [-0.1, -0.05) is 121 Å². The van der Waals surface area contributed by atoms with E-state index in [0.29, 0.717) is 11.4 Å². The van der Waals surface area contributed by atoms with Gasteiger partial charge in [0.15, 0.2) is 11.6 Å². The van der Waals surface area contributed by atoms with Crippen LogP contribution >= 0.6 is 0 Å². The zero-order chi connectivity index (χ0) is 39.9. The summed E-state index contributed by atoms with van der Waals surface area (Å²) in [4.78, 5) is 8.80. The highest BCUT2D eigenvalue weighted by Crippen LogP contribution is 2.58. The van der Waals surface area contributed by atoms with Crippen LogP contribution in [0.25, 0.3) is 43.1 Å². The molecule has 4 nitrogen and oxygen atoms in total. The summed E-state index contributed by atoms with van der Waals surface area (Å²) in [5.41, 5.74) is 6.47. The van der Waals surface area contributed by atoms with Gasteiger partial charge in [0.05, 0.1) is 22.7 Å². The highest BCUT2D eigenvalue weighted by atomic mass is 19.1. The van der Waals surface area contributed by atoms with Gasteiger partial charge in [-0.15, -0.1) is 0 Å². The Morgan fingerprint density at radius 1 is 0.233 bits per heavy atom. The number of rotatable bonds is 4. The topological polar surface area (TPSA) is 13.0 Å². The van der Waals surface area contributed by atoms with Gasteiger partial charge in [0.1, 0.15) is 11.6 Å². The van der Waals surface area contributed by atoms with Crippen LogP contribution in [0.5, 0.6) is 0 Å². The molecule has 12 rings (SSSR count). The molecule has 0 spiro atoms. The molecule has 0 aromatic heterocycles. The van der Waals surface area contributed by atoms with Gasteiger partial charge in [0.25, 0.3) is 0 Å². The molecule has 284 valence electrons. The van der Waals surface area contributed by atoms with Crippen LogP contribution in [0.1, 0.15) is 0 Å². The van der Waals surface area contributed by atoms with Crippen LogP contribution in [0.15, 0.2) is 218 Å². The lowest BCUT2D eigenvalue weighted by Crippen LogP contribution is -2.33. The standard InChI is InChI=1S/C54H34F2N4/c55-43-21-27-49-51(33-43)59(47-25-19-37-11-3-7-15-41(37)31-47)53(57(49)45-23-17-35-9-1-5-13-39(35)29-45)54-58(46-24-18-36-10-2-6-14-40(36)30-46)50-28-22-44(56)34-52(50)60(54)48-26-20-38-12-4-8-16-42(38)32-48/h1-34H/b54-53+. The maximum absolute atomic E-state index is 15.9. The third-order valence-electron chi connectivity index (χ3n) is 11.9. The van der Waals surface area contributed by atoms with Crippen molar-refractivity contribution in [2.24, 2.45) is 0 Å². The first-order valence-corrected chi connectivity index (χ1v) is 20.0. The largest absolute Gasteiger partial charge is 0.291 e. The number of benzene rings is 10. The smallest absolute Gasteiger partial charge is 0.166 e. The number of hydrogen-bond donors (Lipinski definition) is 0. The van der Waals surface area contributed by atoms with E-state index >= 15 is 8.78 Å². The second-order valence-electron chi connectivity index (χ2n) is 15.4. The van der Waals surface area contributed by atoms with Gasteiger partial charge in [0, 0.05) is 34.9 Å². The molecule has 2 aliphatic heterocycles. The quantitative estimate of drug-likeness (QED) is 0.176. The van der Waals surface area contributed by atoms with E-state index in [1.807, 2.05) is 60.7 Å². The summed E-state index contributed by atoms with van der Waals surface area (Å²) in [6, 6.07) is 68.9. The fourth-order valence-electron chi connectivity index (χ4n) is 9.09. The van der Waals surface area contributed by atoms with E-state index in [9.17, 15) is 0 Å². The molecule has 10 aromatic carbocycles. The van der Waals surface area contributed by atoms with Gasteiger partial charge in [-0.25, -0.2) is 8.78 Å². The molecule has 60 heavy (non-hydrogen) atoms. The summed E-state index contributed by atoms with van der Waals surface area (Å²) < 4.78 is 31.7. The van der Waals surface area contributed by atoms with E-state index in [4.69, 9.17) is 0 Å². The summed E-state index contributed by atoms with van der Waals surface area (Å²) in [5, 5.41) is 8.66. The Hall–Kier alpha value is -7.96. The van der Waals surface area contributed by atoms with Crippen LogP contribution in [-0.2, 0) is 0 Å². The molecule has 0 amide bonds. The molecule has 6 heteroatoms. The van der Waals surface area contributed by atoms with E-state index in [1.54, 1.807) is 12.1 Å². The van der Waals surface area contributed by atoms with Gasteiger partial charge in [-0.2, -0.15) is 0 Å². The van der Waals surface area contributed by atoms with Crippen molar-refractivity contribution >= 4 is 88.6 Å².